The summed E-state index contributed by atoms with van der Waals surface area (Å²) < 4.78 is 7.56. The van der Waals surface area contributed by atoms with E-state index >= 15 is 0 Å². The third-order valence-corrected chi connectivity index (χ3v) is 5.29. The fourth-order valence-electron chi connectivity index (χ4n) is 3.17. The Kier molecular flexibility index (Phi) is 4.83. The number of aromatic carboxylic acids is 1. The van der Waals surface area contributed by atoms with Crippen molar-refractivity contribution >= 4 is 28.2 Å². The Morgan fingerprint density at radius 3 is 2.68 bits per heavy atom. The van der Waals surface area contributed by atoms with Gasteiger partial charge in [-0.05, 0) is 38.1 Å². The molecule has 0 aliphatic heterocycles. The van der Waals surface area contributed by atoms with Gasteiger partial charge >= 0.3 is 5.97 Å². The number of carboxylic acids is 1. The summed E-state index contributed by atoms with van der Waals surface area (Å²) in [5.74, 6) is -0.216. The van der Waals surface area contributed by atoms with Gasteiger partial charge in [0.05, 0.1) is 22.8 Å². The molecular weight excluding hydrogens is 374 g/mol. The normalized spacial score (nSPS) is 11.1. The number of pyridine rings is 1. The molecule has 0 amide bonds. The predicted octanol–water partition coefficient (Wildman–Crippen LogP) is 4.55. The van der Waals surface area contributed by atoms with Gasteiger partial charge < -0.3 is 14.4 Å². The number of ether oxygens (including phenoxy) is 1. The molecule has 4 aromatic rings. The summed E-state index contributed by atoms with van der Waals surface area (Å²) in [5, 5.41) is 13.3. The first-order valence-corrected chi connectivity index (χ1v) is 9.74. The Labute approximate surface area is 166 Å². The lowest BCUT2D eigenvalue weighted by molar-refractivity contribution is 0.0684. The van der Waals surface area contributed by atoms with E-state index in [2.05, 4.69) is 9.97 Å². The predicted molar refractivity (Wildman–Crippen MR) is 109 cm³/mol. The second-order valence-electron chi connectivity index (χ2n) is 6.49. The number of hydrogen-bond acceptors (Lipinski definition) is 5. The minimum absolute atomic E-state index is 0.212. The number of rotatable bonds is 6. The number of carbonyl (C=O) groups is 1. The van der Waals surface area contributed by atoms with E-state index in [4.69, 9.17) is 4.74 Å². The van der Waals surface area contributed by atoms with Crippen molar-refractivity contribution in [3.63, 3.8) is 0 Å². The van der Waals surface area contributed by atoms with Gasteiger partial charge in [-0.15, -0.1) is 11.3 Å². The smallest absolute Gasteiger partial charge is 0.352 e. The molecule has 1 N–H and O–H groups in total. The maximum absolute atomic E-state index is 11.8. The molecule has 1 aromatic carbocycles. The fourth-order valence-corrected chi connectivity index (χ4v) is 3.77. The molecule has 0 bridgehead atoms. The molecule has 7 heteroatoms. The number of aromatic nitrogens is 3. The fraction of sp³-hybridized carbons (Fsp3) is 0.190. The highest BCUT2D eigenvalue weighted by molar-refractivity contribution is 7.09. The van der Waals surface area contributed by atoms with Gasteiger partial charge in [0.15, 0.2) is 0 Å². The van der Waals surface area contributed by atoms with Crippen LogP contribution in [0.2, 0.25) is 0 Å². The number of fused-ring (bicyclic) bond motifs is 1. The summed E-state index contributed by atoms with van der Waals surface area (Å²) in [4.78, 5) is 20.8. The van der Waals surface area contributed by atoms with Gasteiger partial charge in [-0.1, -0.05) is 17.7 Å². The average molecular weight is 393 g/mol. The van der Waals surface area contributed by atoms with Crippen LogP contribution in [0.1, 0.15) is 21.1 Å². The van der Waals surface area contributed by atoms with Crippen molar-refractivity contribution in [1.29, 1.82) is 0 Å². The molecule has 6 nitrogen and oxygen atoms in total. The highest BCUT2D eigenvalue weighted by Gasteiger charge is 2.19. The van der Waals surface area contributed by atoms with E-state index in [0.717, 1.165) is 32.9 Å². The zero-order valence-electron chi connectivity index (χ0n) is 15.5. The molecule has 0 aliphatic carbocycles. The monoisotopic (exact) mass is 393 g/mol. The van der Waals surface area contributed by atoms with Crippen molar-refractivity contribution in [3.8, 4) is 17.1 Å². The molecule has 3 heterocycles. The van der Waals surface area contributed by atoms with Crippen LogP contribution in [0.15, 0.2) is 48.0 Å². The van der Waals surface area contributed by atoms with Gasteiger partial charge in [0.25, 0.3) is 0 Å². The standard InChI is InChI=1S/C21H19N3O3S/c1-13-3-5-15(6-4-13)27-10-9-24-18-7-8-22-20(17-12-28-14(2)23-17)16(18)11-19(24)21(25)26/h3-8,11-12H,9-10H2,1-2H3,(H,25,26). The first-order valence-electron chi connectivity index (χ1n) is 8.86. The SMILES string of the molecule is Cc1ccc(OCCn2c(C(=O)O)cc3c(-c4csc(C)n4)nccc32)cc1. The quantitative estimate of drug-likeness (QED) is 0.520. The number of carboxylic acid groups (broad SMARTS) is 1. The van der Waals surface area contributed by atoms with E-state index in [1.54, 1.807) is 28.2 Å². The number of nitrogens with zero attached hydrogens (tertiary/aromatic N) is 3. The van der Waals surface area contributed by atoms with Crippen LogP contribution < -0.4 is 4.74 Å². The first-order chi connectivity index (χ1) is 13.5. The third-order valence-electron chi connectivity index (χ3n) is 4.52. The summed E-state index contributed by atoms with van der Waals surface area (Å²) in [6.07, 6.45) is 1.69. The van der Waals surface area contributed by atoms with Crippen molar-refractivity contribution in [2.24, 2.45) is 0 Å². The Balaban J connectivity index is 1.67. The highest BCUT2D eigenvalue weighted by Crippen LogP contribution is 2.30. The second-order valence-corrected chi connectivity index (χ2v) is 7.55. The van der Waals surface area contributed by atoms with Crippen LogP contribution in [0.4, 0.5) is 0 Å². The van der Waals surface area contributed by atoms with Crippen LogP contribution in [0, 0.1) is 13.8 Å². The molecule has 0 saturated heterocycles. The van der Waals surface area contributed by atoms with Crippen molar-refractivity contribution in [2.45, 2.75) is 20.4 Å². The zero-order valence-corrected chi connectivity index (χ0v) is 16.4. The summed E-state index contributed by atoms with van der Waals surface area (Å²) in [6, 6.07) is 11.3. The van der Waals surface area contributed by atoms with Gasteiger partial charge in [-0.2, -0.15) is 0 Å². The Bertz CT molecular complexity index is 1150. The van der Waals surface area contributed by atoms with Crippen LogP contribution in [0.5, 0.6) is 5.75 Å². The molecule has 0 unspecified atom stereocenters. The van der Waals surface area contributed by atoms with Gasteiger partial charge in [0.1, 0.15) is 23.7 Å². The third kappa shape index (κ3) is 3.48. The Morgan fingerprint density at radius 1 is 1.21 bits per heavy atom. The lowest BCUT2D eigenvalue weighted by Gasteiger charge is -2.10. The number of thiazole rings is 1. The molecule has 0 aliphatic rings. The van der Waals surface area contributed by atoms with Crippen molar-refractivity contribution in [2.75, 3.05) is 6.61 Å². The molecule has 0 spiro atoms. The molecule has 142 valence electrons. The molecule has 0 fully saturated rings. The van der Waals surface area contributed by atoms with Crippen molar-refractivity contribution < 1.29 is 14.6 Å². The number of benzene rings is 1. The topological polar surface area (TPSA) is 77.2 Å². The van der Waals surface area contributed by atoms with Gasteiger partial charge in [0.2, 0.25) is 0 Å². The molecule has 0 saturated carbocycles. The van der Waals surface area contributed by atoms with Crippen LogP contribution in [0.3, 0.4) is 0 Å². The molecule has 3 aromatic heterocycles. The first kappa shape index (κ1) is 18.2. The second kappa shape index (κ2) is 7.44. The summed E-state index contributed by atoms with van der Waals surface area (Å²) in [5.41, 5.74) is 3.64. The van der Waals surface area contributed by atoms with E-state index in [9.17, 15) is 9.90 Å². The van der Waals surface area contributed by atoms with E-state index in [0.29, 0.717) is 18.8 Å². The Morgan fingerprint density at radius 2 is 2.00 bits per heavy atom. The summed E-state index contributed by atoms with van der Waals surface area (Å²) in [7, 11) is 0. The zero-order chi connectivity index (χ0) is 19.7. The lowest BCUT2D eigenvalue weighted by Crippen LogP contribution is -2.13. The van der Waals surface area contributed by atoms with Crippen LogP contribution in [-0.2, 0) is 6.54 Å². The lowest BCUT2D eigenvalue weighted by atomic mass is 10.2. The Hall–Kier alpha value is -3.19. The maximum atomic E-state index is 11.8. The number of hydrogen-bond donors (Lipinski definition) is 1. The maximum Gasteiger partial charge on any atom is 0.352 e. The van der Waals surface area contributed by atoms with Crippen molar-refractivity contribution in [3.05, 3.63) is 64.2 Å². The minimum Gasteiger partial charge on any atom is -0.492 e. The molecule has 0 atom stereocenters. The van der Waals surface area contributed by atoms with Crippen LogP contribution >= 0.6 is 11.3 Å². The van der Waals surface area contributed by atoms with Crippen molar-refractivity contribution in [1.82, 2.24) is 14.5 Å². The van der Waals surface area contributed by atoms with Crippen LogP contribution in [0.25, 0.3) is 22.3 Å². The molecular formula is C21H19N3O3S. The summed E-state index contributed by atoms with van der Waals surface area (Å²) >= 11 is 1.54. The van der Waals surface area contributed by atoms with E-state index in [-0.39, 0.29) is 5.69 Å². The van der Waals surface area contributed by atoms with Gasteiger partial charge in [0, 0.05) is 17.0 Å². The highest BCUT2D eigenvalue weighted by atomic mass is 32.1. The number of aryl methyl sites for hydroxylation is 2. The van der Waals surface area contributed by atoms with Crippen LogP contribution in [-0.4, -0.2) is 32.2 Å². The minimum atomic E-state index is -0.980. The molecule has 4 rings (SSSR count). The van der Waals surface area contributed by atoms with E-state index < -0.39 is 5.97 Å². The molecule has 28 heavy (non-hydrogen) atoms. The van der Waals surface area contributed by atoms with Gasteiger partial charge in [-0.25, -0.2) is 9.78 Å². The average Bonchev–Trinajstić information content (AvgIpc) is 3.27. The van der Waals surface area contributed by atoms with Gasteiger partial charge in [-0.3, -0.25) is 4.98 Å². The molecule has 0 radical (unpaired) electrons. The van der Waals surface area contributed by atoms with E-state index in [1.165, 1.54) is 0 Å². The summed E-state index contributed by atoms with van der Waals surface area (Å²) in [6.45, 7) is 4.73. The largest absolute Gasteiger partial charge is 0.492 e. The van der Waals surface area contributed by atoms with E-state index in [1.807, 2.05) is 49.6 Å².